The molecule has 3 aromatic rings. The molecule has 12 heteroatoms. The van der Waals surface area contributed by atoms with Crippen LogP contribution in [0.2, 0.25) is 0 Å². The van der Waals surface area contributed by atoms with E-state index in [9.17, 15) is 23.8 Å². The maximum absolute atomic E-state index is 15.4. The Morgan fingerprint density at radius 1 is 1.21 bits per heavy atom. The van der Waals surface area contributed by atoms with Gasteiger partial charge >= 0.3 is 6.29 Å². The Balaban J connectivity index is 1.46. The average Bonchev–Trinajstić information content (AvgIpc) is 3.53. The van der Waals surface area contributed by atoms with E-state index in [2.05, 4.69) is 14.8 Å². The van der Waals surface area contributed by atoms with Crippen LogP contribution in [0, 0.1) is 5.82 Å². The predicted octanol–water partition coefficient (Wildman–Crippen LogP) is 4.70. The van der Waals surface area contributed by atoms with E-state index in [1.165, 1.54) is 42.4 Å². The maximum atomic E-state index is 15.4. The molecule has 1 amide bonds. The van der Waals surface area contributed by atoms with Crippen LogP contribution in [0.4, 0.5) is 18.9 Å². The van der Waals surface area contributed by atoms with Crippen molar-refractivity contribution in [2.75, 3.05) is 24.8 Å². The van der Waals surface area contributed by atoms with E-state index < -0.39 is 41.6 Å². The minimum Gasteiger partial charge on any atom is -0.395 e. The molecule has 0 unspecified atom stereocenters. The van der Waals surface area contributed by atoms with Crippen molar-refractivity contribution in [2.45, 2.75) is 56.5 Å². The fourth-order valence-corrected chi connectivity index (χ4v) is 5.36. The summed E-state index contributed by atoms with van der Waals surface area (Å²) in [5.41, 5.74) is 0.169. The van der Waals surface area contributed by atoms with E-state index in [-0.39, 0.29) is 23.7 Å². The van der Waals surface area contributed by atoms with Gasteiger partial charge in [-0.1, -0.05) is 19.9 Å². The Kier molecular flexibility index (Phi) is 7.03. The number of nitrogens with one attached hydrogen (secondary N) is 1. The summed E-state index contributed by atoms with van der Waals surface area (Å²) in [5, 5.41) is 22.9. The zero-order valence-corrected chi connectivity index (χ0v) is 22.4. The number of aliphatic hydroxyl groups excluding tert-OH is 2. The Hall–Kier alpha value is -2.93. The van der Waals surface area contributed by atoms with Crippen molar-refractivity contribution < 1.29 is 41.8 Å². The molecule has 1 atom stereocenters. The molecule has 1 aliphatic heterocycles. The molecule has 2 aromatic carbocycles. The van der Waals surface area contributed by atoms with Gasteiger partial charge in [-0.05, 0) is 54.7 Å². The number of ether oxygens (including phenoxy) is 2. The Labute approximate surface area is 227 Å². The Morgan fingerprint density at radius 3 is 2.59 bits per heavy atom. The van der Waals surface area contributed by atoms with Gasteiger partial charge in [-0.2, -0.15) is 0 Å². The number of nitrogens with zero attached hydrogens (tertiary/aromatic N) is 1. The first-order valence-corrected chi connectivity index (χ1v) is 13.5. The minimum absolute atomic E-state index is 0.0318. The third kappa shape index (κ3) is 5.18. The maximum Gasteiger partial charge on any atom is 0.586 e. The van der Waals surface area contributed by atoms with Gasteiger partial charge in [0.25, 0.3) is 0 Å². The van der Waals surface area contributed by atoms with Gasteiger partial charge in [0.1, 0.15) is 5.82 Å². The highest BCUT2D eigenvalue weighted by Gasteiger charge is 2.53. The van der Waals surface area contributed by atoms with Crippen LogP contribution in [0.15, 0.2) is 36.4 Å². The number of halogens is 3. The summed E-state index contributed by atoms with van der Waals surface area (Å²) in [7, 11) is 0. The van der Waals surface area contributed by atoms with E-state index in [4.69, 9.17) is 4.18 Å². The van der Waals surface area contributed by atoms with Gasteiger partial charge in [0.2, 0.25) is 5.91 Å². The van der Waals surface area contributed by atoms with Crippen LogP contribution in [0.3, 0.4) is 0 Å². The van der Waals surface area contributed by atoms with E-state index in [1.807, 2.05) is 19.9 Å². The normalized spacial score (nSPS) is 17.8. The molecule has 2 heterocycles. The van der Waals surface area contributed by atoms with Crippen LogP contribution in [0.5, 0.6) is 11.5 Å². The van der Waals surface area contributed by atoms with Crippen molar-refractivity contribution in [1.29, 1.82) is 0 Å². The van der Waals surface area contributed by atoms with Crippen LogP contribution >= 0.6 is 12.0 Å². The third-order valence-corrected chi connectivity index (χ3v) is 7.57. The van der Waals surface area contributed by atoms with E-state index in [1.54, 1.807) is 10.8 Å². The largest absolute Gasteiger partial charge is 0.586 e. The van der Waals surface area contributed by atoms with Crippen molar-refractivity contribution >= 4 is 34.5 Å². The molecular weight excluding hydrogens is 537 g/mol. The predicted molar refractivity (Wildman–Crippen MR) is 140 cm³/mol. The second-order valence-electron chi connectivity index (χ2n) is 10.5. The number of carbonyl (C=O) groups is 1. The molecule has 210 valence electrons. The third-order valence-electron chi connectivity index (χ3n) is 7.21. The second kappa shape index (κ2) is 9.92. The summed E-state index contributed by atoms with van der Waals surface area (Å²) in [4.78, 5) is 13.4. The number of rotatable bonds is 10. The fourth-order valence-electron chi connectivity index (χ4n) is 4.95. The first-order valence-electron chi connectivity index (χ1n) is 12.4. The molecule has 5 rings (SSSR count). The van der Waals surface area contributed by atoms with E-state index >= 15 is 4.39 Å². The molecule has 8 nitrogen and oxygen atoms in total. The number of hydrogen-bond acceptors (Lipinski definition) is 7. The summed E-state index contributed by atoms with van der Waals surface area (Å²) >= 11 is 1.22. The topological polar surface area (TPSA) is 102 Å². The number of carbonyl (C=O) groups excluding carboxylic acids is 1. The van der Waals surface area contributed by atoms with Crippen LogP contribution in [-0.4, -0.2) is 52.6 Å². The van der Waals surface area contributed by atoms with Gasteiger partial charge < -0.3 is 33.8 Å². The number of amides is 1. The number of aromatic nitrogens is 1. The van der Waals surface area contributed by atoms with Crippen molar-refractivity contribution in [3.63, 3.8) is 0 Å². The zero-order chi connectivity index (χ0) is 28.2. The highest BCUT2D eigenvalue weighted by molar-refractivity contribution is 7.93. The van der Waals surface area contributed by atoms with Gasteiger partial charge in [-0.25, -0.2) is 4.39 Å². The van der Waals surface area contributed by atoms with Gasteiger partial charge in [-0.15, -0.1) is 8.78 Å². The van der Waals surface area contributed by atoms with Crippen molar-refractivity contribution in [2.24, 2.45) is 0 Å². The van der Waals surface area contributed by atoms with Crippen molar-refractivity contribution in [1.82, 2.24) is 4.57 Å². The first kappa shape index (κ1) is 27.6. The van der Waals surface area contributed by atoms with Gasteiger partial charge in [-0.3, -0.25) is 4.79 Å². The molecule has 0 radical (unpaired) electrons. The highest BCUT2D eigenvalue weighted by Crippen LogP contribution is 2.52. The average molecular weight is 567 g/mol. The van der Waals surface area contributed by atoms with E-state index in [0.29, 0.717) is 35.9 Å². The van der Waals surface area contributed by atoms with Gasteiger partial charge in [0.15, 0.2) is 11.5 Å². The SMILES string of the molecule is CSOCC(C)(C)c1cc2cc(NC(=O)C3(c4ccc5c(c4)OC(F)(F)O5)CC3)c(F)cc2n1C[C@@H](O)CO. The first-order chi connectivity index (χ1) is 18.4. The number of fused-ring (bicyclic) bond motifs is 2. The lowest BCUT2D eigenvalue weighted by molar-refractivity contribution is -0.286. The minimum atomic E-state index is -3.77. The lowest BCUT2D eigenvalue weighted by Crippen LogP contribution is -2.29. The summed E-state index contributed by atoms with van der Waals surface area (Å²) in [5.74, 6) is -1.42. The molecule has 39 heavy (non-hydrogen) atoms. The standard InChI is InChI=1S/C27H29F3N2O6S/c1-25(2,14-36-39-3)23-9-15-8-19(18(28)11-20(15)32(23)12-17(34)13-33)31-24(35)26(6-7-26)16-4-5-21-22(10-16)38-27(29,30)37-21/h4-5,8-11,17,33-34H,6-7,12-14H2,1-3H3,(H,31,35)/t17-/m1/s1. The second-order valence-corrected chi connectivity index (χ2v) is 11.1. The molecule has 0 saturated heterocycles. The zero-order valence-electron chi connectivity index (χ0n) is 21.6. The summed E-state index contributed by atoms with van der Waals surface area (Å²) in [6, 6.07) is 8.89. The number of aliphatic hydroxyl groups is 2. The fraction of sp³-hybridized carbons (Fsp3) is 0.444. The van der Waals surface area contributed by atoms with E-state index in [0.717, 1.165) is 5.69 Å². The monoisotopic (exact) mass is 566 g/mol. The summed E-state index contributed by atoms with van der Waals surface area (Å²) < 4.78 is 58.6. The Morgan fingerprint density at radius 2 is 1.92 bits per heavy atom. The number of alkyl halides is 2. The molecule has 0 bridgehead atoms. The smallest absolute Gasteiger partial charge is 0.395 e. The quantitative estimate of drug-likeness (QED) is 0.306. The van der Waals surface area contributed by atoms with Crippen molar-refractivity contribution in [3.8, 4) is 11.5 Å². The van der Waals surface area contributed by atoms with Gasteiger partial charge in [0.05, 0.1) is 42.5 Å². The molecule has 1 aliphatic carbocycles. The molecule has 2 aliphatic rings. The van der Waals surface area contributed by atoms with Crippen LogP contribution < -0.4 is 14.8 Å². The molecule has 1 fully saturated rings. The lowest BCUT2D eigenvalue weighted by Gasteiger charge is -2.27. The number of anilines is 1. The Bertz CT molecular complexity index is 1420. The number of benzene rings is 2. The molecular formula is C27H29F3N2O6S. The summed E-state index contributed by atoms with van der Waals surface area (Å²) in [6.07, 6.45) is -2.10. The van der Waals surface area contributed by atoms with Crippen LogP contribution in [-0.2, 0) is 26.4 Å². The van der Waals surface area contributed by atoms with Crippen LogP contribution in [0.25, 0.3) is 10.9 Å². The molecule has 1 saturated carbocycles. The number of hydrogen-bond donors (Lipinski definition) is 3. The molecule has 1 aromatic heterocycles. The lowest BCUT2D eigenvalue weighted by atomic mass is 9.90. The van der Waals surface area contributed by atoms with Gasteiger partial charge in [0, 0.05) is 28.8 Å². The highest BCUT2D eigenvalue weighted by atomic mass is 32.2. The summed E-state index contributed by atoms with van der Waals surface area (Å²) in [6.45, 7) is 3.83. The van der Waals surface area contributed by atoms with Crippen molar-refractivity contribution in [3.05, 3.63) is 53.5 Å². The molecule has 0 spiro atoms. The van der Waals surface area contributed by atoms with Crippen LogP contribution in [0.1, 0.15) is 37.9 Å². The molecule has 3 N–H and O–H groups in total.